The number of ether oxygens (including phenoxy) is 1. The molecule has 0 aliphatic carbocycles. The Hall–Kier alpha value is -3.98. The van der Waals surface area contributed by atoms with E-state index in [9.17, 15) is 17.6 Å². The fourth-order valence-electron chi connectivity index (χ4n) is 3.61. The average molecular weight is 482 g/mol. The Morgan fingerprint density at radius 2 is 1.71 bits per heavy atom. The molecule has 4 rings (SSSR count). The van der Waals surface area contributed by atoms with Gasteiger partial charge in [0.15, 0.2) is 0 Å². The van der Waals surface area contributed by atoms with Gasteiger partial charge < -0.3 is 9.72 Å². The Labute approximate surface area is 198 Å². The van der Waals surface area contributed by atoms with Crippen LogP contribution in [0.15, 0.2) is 71.9 Å². The first-order valence-electron chi connectivity index (χ1n) is 10.4. The van der Waals surface area contributed by atoms with Crippen LogP contribution in [-0.4, -0.2) is 24.3 Å². The van der Waals surface area contributed by atoms with E-state index in [0.717, 1.165) is 16.7 Å². The summed E-state index contributed by atoms with van der Waals surface area (Å²) in [6.07, 6.45) is 2.71. The van der Waals surface area contributed by atoms with Gasteiger partial charge in [-0.05, 0) is 74.4 Å². The minimum atomic E-state index is -4.10. The number of rotatable bonds is 6. The van der Waals surface area contributed by atoms with Gasteiger partial charge in [0.25, 0.3) is 15.9 Å². The average Bonchev–Trinajstić information content (AvgIpc) is 3.32. The van der Waals surface area contributed by atoms with Crippen LogP contribution in [0.3, 0.4) is 0 Å². The second-order valence-corrected chi connectivity index (χ2v) is 9.55. The molecule has 2 aromatic carbocycles. The zero-order valence-electron chi connectivity index (χ0n) is 18.7. The molecule has 0 radical (unpaired) electrons. The number of carbonyl (C=O) groups is 1. The van der Waals surface area contributed by atoms with Crippen LogP contribution in [0.5, 0.6) is 11.6 Å². The molecule has 2 N–H and O–H groups in total. The number of hydrogen-bond acceptors (Lipinski definition) is 5. The molecule has 2 heterocycles. The first-order valence-corrected chi connectivity index (χ1v) is 11.8. The van der Waals surface area contributed by atoms with E-state index >= 15 is 0 Å². The first kappa shape index (κ1) is 23.2. The highest BCUT2D eigenvalue weighted by atomic mass is 32.2. The second kappa shape index (κ2) is 9.11. The van der Waals surface area contributed by atoms with Gasteiger partial charge in [-0.15, -0.1) is 0 Å². The normalized spacial score (nSPS) is 11.3. The third-order valence-electron chi connectivity index (χ3n) is 5.16. The number of aromatic amines is 1. The molecule has 0 saturated carbocycles. The van der Waals surface area contributed by atoms with Gasteiger partial charge in [0.05, 0.1) is 5.69 Å². The van der Waals surface area contributed by atoms with Gasteiger partial charge >= 0.3 is 0 Å². The van der Waals surface area contributed by atoms with Crippen LogP contribution in [0, 0.1) is 26.6 Å². The number of amides is 1. The Balaban J connectivity index is 0.00000342. The van der Waals surface area contributed by atoms with Crippen LogP contribution in [0.4, 0.5) is 4.39 Å². The predicted molar refractivity (Wildman–Crippen MR) is 128 cm³/mol. The number of pyridine rings is 1. The molecule has 0 spiro atoms. The van der Waals surface area contributed by atoms with E-state index in [1.165, 1.54) is 36.7 Å². The van der Waals surface area contributed by atoms with Gasteiger partial charge in [0.2, 0.25) is 5.88 Å². The van der Waals surface area contributed by atoms with E-state index in [4.69, 9.17) is 4.74 Å². The fraction of sp³-hybridized carbons (Fsp3) is 0.120. The van der Waals surface area contributed by atoms with Gasteiger partial charge in [0.1, 0.15) is 22.0 Å². The molecule has 34 heavy (non-hydrogen) atoms. The number of hydrogen-bond donors (Lipinski definition) is 2. The molecule has 2 aromatic heterocycles. The number of aryl methyl sites for hydroxylation is 3. The summed E-state index contributed by atoms with van der Waals surface area (Å²) in [4.78, 5) is 20.1. The molecule has 1 amide bonds. The van der Waals surface area contributed by atoms with E-state index in [1.807, 2.05) is 37.6 Å². The van der Waals surface area contributed by atoms with Crippen molar-refractivity contribution >= 4 is 15.9 Å². The number of H-pyrrole nitrogens is 1. The standard InChI is InChI=1S/C25H22FN3O4S.H2/c1-15-12-16(2)23(17(3)13-15)33-25-21(24(30)29-34(31,32)20-10-11-27-14-20)8-9-22(28-25)18-4-6-19(26)7-5-18;/h4-14,27H,1-3H3,(H,29,30);1H. The van der Waals surface area contributed by atoms with E-state index in [0.29, 0.717) is 17.0 Å². The summed E-state index contributed by atoms with van der Waals surface area (Å²) in [6.45, 7) is 5.70. The molecule has 0 aliphatic heterocycles. The summed E-state index contributed by atoms with van der Waals surface area (Å²) in [7, 11) is -4.10. The number of nitrogens with zero attached hydrogens (tertiary/aromatic N) is 1. The van der Waals surface area contributed by atoms with Crippen molar-refractivity contribution in [1.29, 1.82) is 0 Å². The molecule has 7 nitrogen and oxygen atoms in total. The summed E-state index contributed by atoms with van der Waals surface area (Å²) in [6, 6.07) is 13.9. The van der Waals surface area contributed by atoms with E-state index in [-0.39, 0.29) is 17.8 Å². The summed E-state index contributed by atoms with van der Waals surface area (Å²) >= 11 is 0. The smallest absolute Gasteiger partial charge is 0.270 e. The topological polar surface area (TPSA) is 101 Å². The lowest BCUT2D eigenvalue weighted by Gasteiger charge is -2.16. The first-order chi connectivity index (χ1) is 16.1. The van der Waals surface area contributed by atoms with Crippen molar-refractivity contribution in [3.63, 3.8) is 0 Å². The number of halogens is 1. The van der Waals surface area contributed by atoms with Crippen molar-refractivity contribution < 1.29 is 23.8 Å². The van der Waals surface area contributed by atoms with Crippen molar-refractivity contribution in [2.24, 2.45) is 0 Å². The van der Waals surface area contributed by atoms with Crippen LogP contribution in [0.1, 0.15) is 28.5 Å². The van der Waals surface area contributed by atoms with Crippen LogP contribution in [0.25, 0.3) is 11.3 Å². The number of sulfonamides is 1. The molecule has 4 aromatic rings. The molecular formula is C25H24FN3O4S. The molecule has 0 aliphatic rings. The van der Waals surface area contributed by atoms with Crippen molar-refractivity contribution in [2.75, 3.05) is 0 Å². The lowest BCUT2D eigenvalue weighted by molar-refractivity contribution is 0.0978. The van der Waals surface area contributed by atoms with Gasteiger partial charge in [0, 0.05) is 19.4 Å². The maximum Gasteiger partial charge on any atom is 0.270 e. The number of benzene rings is 2. The van der Waals surface area contributed by atoms with Crippen LogP contribution >= 0.6 is 0 Å². The Morgan fingerprint density at radius 1 is 1.03 bits per heavy atom. The number of nitrogens with one attached hydrogen (secondary N) is 2. The Bertz CT molecular complexity index is 1450. The van der Waals surface area contributed by atoms with E-state index in [1.54, 1.807) is 18.2 Å². The summed E-state index contributed by atoms with van der Waals surface area (Å²) < 4.78 is 46.6. The van der Waals surface area contributed by atoms with Crippen molar-refractivity contribution in [3.8, 4) is 22.9 Å². The van der Waals surface area contributed by atoms with Crippen molar-refractivity contribution in [1.82, 2.24) is 14.7 Å². The van der Waals surface area contributed by atoms with E-state index < -0.39 is 21.7 Å². The largest absolute Gasteiger partial charge is 0.438 e. The Morgan fingerprint density at radius 3 is 2.32 bits per heavy atom. The maximum atomic E-state index is 13.4. The summed E-state index contributed by atoms with van der Waals surface area (Å²) in [5.41, 5.74) is 3.68. The summed E-state index contributed by atoms with van der Waals surface area (Å²) in [5.74, 6) is -0.843. The molecule has 9 heteroatoms. The van der Waals surface area contributed by atoms with Crippen molar-refractivity contribution in [2.45, 2.75) is 25.7 Å². The second-order valence-electron chi connectivity index (χ2n) is 7.87. The molecule has 176 valence electrons. The van der Waals surface area contributed by atoms with Gasteiger partial charge in [-0.25, -0.2) is 22.5 Å². The fourth-order valence-corrected chi connectivity index (χ4v) is 4.55. The van der Waals surface area contributed by atoms with Crippen LogP contribution in [-0.2, 0) is 10.0 Å². The van der Waals surface area contributed by atoms with Crippen LogP contribution in [0.2, 0.25) is 0 Å². The SMILES string of the molecule is Cc1cc(C)c(Oc2nc(-c3ccc(F)cc3)ccc2C(=O)NS(=O)(=O)c2cc[nH]c2)c(C)c1.[HH]. The van der Waals surface area contributed by atoms with Crippen molar-refractivity contribution in [3.05, 3.63) is 95.1 Å². The van der Waals surface area contributed by atoms with Crippen LogP contribution < -0.4 is 9.46 Å². The molecule has 0 unspecified atom stereocenters. The highest BCUT2D eigenvalue weighted by Gasteiger charge is 2.24. The van der Waals surface area contributed by atoms with Gasteiger partial charge in [-0.3, -0.25) is 4.79 Å². The molecule has 0 bridgehead atoms. The highest BCUT2D eigenvalue weighted by molar-refractivity contribution is 7.90. The Kier molecular flexibility index (Phi) is 6.21. The lowest BCUT2D eigenvalue weighted by Crippen LogP contribution is -2.30. The highest BCUT2D eigenvalue weighted by Crippen LogP contribution is 2.32. The van der Waals surface area contributed by atoms with Gasteiger partial charge in [-0.1, -0.05) is 17.7 Å². The number of carbonyl (C=O) groups excluding carboxylic acids is 1. The monoisotopic (exact) mass is 481 g/mol. The minimum absolute atomic E-state index is 0. The minimum Gasteiger partial charge on any atom is -0.438 e. The zero-order valence-corrected chi connectivity index (χ0v) is 19.5. The molecule has 0 fully saturated rings. The lowest BCUT2D eigenvalue weighted by atomic mass is 10.1. The predicted octanol–water partition coefficient (Wildman–Crippen LogP) is 5.30. The maximum absolute atomic E-state index is 13.4. The third kappa shape index (κ3) is 4.84. The molecule has 0 saturated heterocycles. The van der Waals surface area contributed by atoms with E-state index in [2.05, 4.69) is 9.97 Å². The number of aromatic nitrogens is 2. The zero-order chi connectivity index (χ0) is 24.5. The molecule has 0 atom stereocenters. The summed E-state index contributed by atoms with van der Waals surface area (Å²) in [5, 5.41) is 0. The molecular weight excluding hydrogens is 457 g/mol. The third-order valence-corrected chi connectivity index (χ3v) is 6.48. The quantitative estimate of drug-likeness (QED) is 0.389. The van der Waals surface area contributed by atoms with Gasteiger partial charge in [-0.2, -0.15) is 0 Å².